The molecule has 0 unspecified atom stereocenters. The summed E-state index contributed by atoms with van der Waals surface area (Å²) in [4.78, 5) is 13.3. The molecule has 1 rings (SSSR count). The van der Waals surface area contributed by atoms with Crippen molar-refractivity contribution in [3.63, 3.8) is 0 Å². The molecule has 3 N–H and O–H groups in total. The Morgan fingerprint density at radius 1 is 1.53 bits per heavy atom. The molecule has 0 radical (unpaired) electrons. The Labute approximate surface area is 102 Å². The van der Waals surface area contributed by atoms with Crippen LogP contribution in [0.5, 0.6) is 5.75 Å². The van der Waals surface area contributed by atoms with Crippen LogP contribution in [0.4, 0.5) is 11.4 Å². The van der Waals surface area contributed by atoms with E-state index in [0.717, 1.165) is 11.4 Å². The molecule has 0 aliphatic rings. The number of likely N-dealkylation sites (N-methyl/N-ethyl adjacent to an activating group) is 2. The van der Waals surface area contributed by atoms with Gasteiger partial charge in [0.05, 0.1) is 25.0 Å². The second kappa shape index (κ2) is 5.98. The molecule has 0 spiro atoms. The van der Waals surface area contributed by atoms with E-state index in [1.165, 1.54) is 0 Å². The van der Waals surface area contributed by atoms with E-state index in [1.54, 1.807) is 24.1 Å². The second-order valence-corrected chi connectivity index (χ2v) is 3.73. The van der Waals surface area contributed by atoms with Gasteiger partial charge in [-0.2, -0.15) is 0 Å². The molecule has 17 heavy (non-hydrogen) atoms. The smallest absolute Gasteiger partial charge is 0.239 e. The van der Waals surface area contributed by atoms with E-state index < -0.39 is 0 Å². The van der Waals surface area contributed by atoms with Gasteiger partial charge in [-0.3, -0.25) is 4.79 Å². The number of hydrogen-bond donors (Lipinski definition) is 2. The SMILES string of the molecule is CCNC(=O)CN(C)c1cc(OC)ccc1N. The van der Waals surface area contributed by atoms with Crippen LogP contribution in [0.1, 0.15) is 6.92 Å². The minimum Gasteiger partial charge on any atom is -0.497 e. The average Bonchev–Trinajstić information content (AvgIpc) is 2.29. The highest BCUT2D eigenvalue weighted by molar-refractivity contribution is 5.83. The maximum atomic E-state index is 11.5. The Kier molecular flexibility index (Phi) is 4.63. The van der Waals surface area contributed by atoms with E-state index in [9.17, 15) is 4.79 Å². The van der Waals surface area contributed by atoms with Gasteiger partial charge >= 0.3 is 0 Å². The first-order valence-electron chi connectivity index (χ1n) is 5.49. The standard InChI is InChI=1S/C12H19N3O2/c1-4-14-12(16)8-15(2)11-7-9(17-3)5-6-10(11)13/h5-7H,4,8,13H2,1-3H3,(H,14,16). The lowest BCUT2D eigenvalue weighted by atomic mass is 10.2. The molecule has 0 heterocycles. The van der Waals surface area contributed by atoms with Gasteiger partial charge in [0.15, 0.2) is 0 Å². The third-order valence-corrected chi connectivity index (χ3v) is 2.40. The fourth-order valence-corrected chi connectivity index (χ4v) is 1.53. The molecule has 0 bridgehead atoms. The van der Waals surface area contributed by atoms with Gasteiger partial charge in [-0.25, -0.2) is 0 Å². The van der Waals surface area contributed by atoms with E-state index >= 15 is 0 Å². The van der Waals surface area contributed by atoms with Crippen LogP contribution in [-0.4, -0.2) is 33.2 Å². The number of methoxy groups -OCH3 is 1. The minimum absolute atomic E-state index is 0.0304. The fraction of sp³-hybridized carbons (Fsp3) is 0.417. The zero-order valence-corrected chi connectivity index (χ0v) is 10.5. The lowest BCUT2D eigenvalue weighted by Gasteiger charge is -2.21. The highest BCUT2D eigenvalue weighted by Gasteiger charge is 2.10. The molecular weight excluding hydrogens is 218 g/mol. The Morgan fingerprint density at radius 3 is 2.82 bits per heavy atom. The molecule has 94 valence electrons. The zero-order chi connectivity index (χ0) is 12.8. The van der Waals surface area contributed by atoms with Crippen LogP contribution < -0.4 is 20.7 Å². The Balaban J connectivity index is 2.80. The third-order valence-electron chi connectivity index (χ3n) is 2.40. The minimum atomic E-state index is -0.0304. The van der Waals surface area contributed by atoms with E-state index in [2.05, 4.69) is 5.32 Å². The van der Waals surface area contributed by atoms with Gasteiger partial charge in [0.2, 0.25) is 5.91 Å². The fourth-order valence-electron chi connectivity index (χ4n) is 1.53. The number of hydrogen-bond acceptors (Lipinski definition) is 4. The van der Waals surface area contributed by atoms with Crippen molar-refractivity contribution < 1.29 is 9.53 Å². The molecular formula is C12H19N3O2. The number of benzene rings is 1. The number of carbonyl (C=O) groups excluding carboxylic acids is 1. The topological polar surface area (TPSA) is 67.6 Å². The molecule has 0 aliphatic heterocycles. The molecule has 0 aliphatic carbocycles. The molecule has 0 fully saturated rings. The number of carbonyl (C=O) groups is 1. The van der Waals surface area contributed by atoms with Crippen molar-refractivity contribution in [2.75, 3.05) is 37.9 Å². The van der Waals surface area contributed by atoms with Gasteiger partial charge in [0.25, 0.3) is 0 Å². The van der Waals surface area contributed by atoms with Crippen molar-refractivity contribution in [2.24, 2.45) is 0 Å². The summed E-state index contributed by atoms with van der Waals surface area (Å²) >= 11 is 0. The summed E-state index contributed by atoms with van der Waals surface area (Å²) in [6, 6.07) is 5.37. The molecule has 0 saturated heterocycles. The van der Waals surface area contributed by atoms with Gasteiger partial charge in [-0.15, -0.1) is 0 Å². The Bertz CT molecular complexity index is 393. The predicted octanol–water partition coefficient (Wildman–Crippen LogP) is 0.850. The van der Waals surface area contributed by atoms with Gasteiger partial charge in [0, 0.05) is 19.7 Å². The number of nitrogens with zero attached hydrogens (tertiary/aromatic N) is 1. The summed E-state index contributed by atoms with van der Waals surface area (Å²) in [6.45, 7) is 2.78. The number of amides is 1. The maximum absolute atomic E-state index is 11.5. The molecule has 1 aromatic carbocycles. The van der Waals surface area contributed by atoms with E-state index in [0.29, 0.717) is 12.2 Å². The van der Waals surface area contributed by atoms with Gasteiger partial charge in [-0.05, 0) is 19.1 Å². The molecule has 0 atom stereocenters. The van der Waals surface area contributed by atoms with Crippen LogP contribution in [0.15, 0.2) is 18.2 Å². The molecule has 0 aromatic heterocycles. The highest BCUT2D eigenvalue weighted by Crippen LogP contribution is 2.26. The number of nitrogens with two attached hydrogens (primary N) is 1. The van der Waals surface area contributed by atoms with Crippen molar-refractivity contribution in [1.29, 1.82) is 0 Å². The number of nitrogens with one attached hydrogen (secondary N) is 1. The van der Waals surface area contributed by atoms with Crippen molar-refractivity contribution in [2.45, 2.75) is 6.92 Å². The van der Waals surface area contributed by atoms with Crippen LogP contribution in [0.2, 0.25) is 0 Å². The lowest BCUT2D eigenvalue weighted by molar-refractivity contribution is -0.119. The van der Waals surface area contributed by atoms with Gasteiger partial charge in [-0.1, -0.05) is 0 Å². The van der Waals surface area contributed by atoms with Crippen molar-refractivity contribution >= 4 is 17.3 Å². The first-order chi connectivity index (χ1) is 8.08. The summed E-state index contributed by atoms with van der Waals surface area (Å²) in [5, 5.41) is 2.74. The number of nitrogen functional groups attached to an aromatic ring is 1. The predicted molar refractivity (Wildman–Crippen MR) is 69.4 cm³/mol. The number of anilines is 2. The first-order valence-corrected chi connectivity index (χ1v) is 5.49. The summed E-state index contributed by atoms with van der Waals surface area (Å²) < 4.78 is 5.13. The molecule has 1 amide bonds. The quantitative estimate of drug-likeness (QED) is 0.745. The third kappa shape index (κ3) is 3.55. The van der Waals surface area contributed by atoms with Gasteiger partial charge < -0.3 is 20.7 Å². The summed E-state index contributed by atoms with van der Waals surface area (Å²) in [7, 11) is 3.42. The lowest BCUT2D eigenvalue weighted by Crippen LogP contribution is -2.35. The molecule has 0 saturated carbocycles. The summed E-state index contributed by atoms with van der Waals surface area (Å²) in [5.41, 5.74) is 7.28. The van der Waals surface area contributed by atoms with Crippen LogP contribution >= 0.6 is 0 Å². The largest absolute Gasteiger partial charge is 0.497 e. The van der Waals surface area contributed by atoms with E-state index in [4.69, 9.17) is 10.5 Å². The average molecular weight is 237 g/mol. The summed E-state index contributed by atoms with van der Waals surface area (Å²) in [6.07, 6.45) is 0. The maximum Gasteiger partial charge on any atom is 0.239 e. The zero-order valence-electron chi connectivity index (χ0n) is 10.5. The second-order valence-electron chi connectivity index (χ2n) is 3.73. The Hall–Kier alpha value is -1.91. The number of ether oxygens (including phenoxy) is 1. The van der Waals surface area contributed by atoms with E-state index in [1.807, 2.05) is 20.0 Å². The first kappa shape index (κ1) is 13.2. The van der Waals surface area contributed by atoms with Crippen molar-refractivity contribution in [1.82, 2.24) is 5.32 Å². The summed E-state index contributed by atoms with van der Waals surface area (Å²) in [5.74, 6) is 0.689. The van der Waals surface area contributed by atoms with E-state index in [-0.39, 0.29) is 12.5 Å². The normalized spacial score (nSPS) is 9.82. The van der Waals surface area contributed by atoms with Gasteiger partial charge in [0.1, 0.15) is 5.75 Å². The van der Waals surface area contributed by atoms with Crippen LogP contribution in [-0.2, 0) is 4.79 Å². The monoisotopic (exact) mass is 237 g/mol. The van der Waals surface area contributed by atoms with Crippen LogP contribution in [0.3, 0.4) is 0 Å². The molecule has 1 aromatic rings. The van der Waals surface area contributed by atoms with Crippen LogP contribution in [0, 0.1) is 0 Å². The number of rotatable bonds is 5. The van der Waals surface area contributed by atoms with Crippen LogP contribution in [0.25, 0.3) is 0 Å². The Morgan fingerprint density at radius 2 is 2.24 bits per heavy atom. The van der Waals surface area contributed by atoms with Crippen molar-refractivity contribution in [3.05, 3.63) is 18.2 Å². The molecule has 5 nitrogen and oxygen atoms in total. The highest BCUT2D eigenvalue weighted by atomic mass is 16.5. The molecule has 5 heteroatoms. The van der Waals surface area contributed by atoms with Crippen molar-refractivity contribution in [3.8, 4) is 5.75 Å².